The number of hydrogen-bond donors (Lipinski definition) is 1. The van der Waals surface area contributed by atoms with E-state index in [0.717, 1.165) is 16.8 Å². The molecule has 30 heavy (non-hydrogen) atoms. The lowest BCUT2D eigenvalue weighted by atomic mass is 10.1. The fourth-order valence-corrected chi connectivity index (χ4v) is 4.53. The van der Waals surface area contributed by atoms with Crippen molar-refractivity contribution in [1.82, 2.24) is 0 Å². The van der Waals surface area contributed by atoms with Crippen molar-refractivity contribution >= 4 is 35.0 Å². The van der Waals surface area contributed by atoms with Gasteiger partial charge in [-0.15, -0.1) is 11.8 Å². The van der Waals surface area contributed by atoms with E-state index in [1.54, 1.807) is 16.7 Å². The summed E-state index contributed by atoms with van der Waals surface area (Å²) < 4.78 is 5.54. The van der Waals surface area contributed by atoms with Crippen LogP contribution in [0, 0.1) is 6.92 Å². The fourth-order valence-electron chi connectivity index (χ4n) is 3.32. The molecule has 1 N–H and O–H groups in total. The van der Waals surface area contributed by atoms with Gasteiger partial charge in [-0.1, -0.05) is 54.1 Å². The van der Waals surface area contributed by atoms with Gasteiger partial charge in [-0.25, -0.2) is 0 Å². The van der Waals surface area contributed by atoms with E-state index in [4.69, 9.17) is 4.74 Å². The van der Waals surface area contributed by atoms with Crippen LogP contribution >= 0.6 is 11.8 Å². The number of anilines is 2. The highest BCUT2D eigenvalue weighted by Crippen LogP contribution is 2.44. The number of thioether (sulfide) groups is 1. The van der Waals surface area contributed by atoms with Gasteiger partial charge >= 0.3 is 0 Å². The van der Waals surface area contributed by atoms with Gasteiger partial charge in [0, 0.05) is 16.9 Å². The van der Waals surface area contributed by atoms with Crippen LogP contribution in [0.1, 0.15) is 16.5 Å². The van der Waals surface area contributed by atoms with Gasteiger partial charge in [0.15, 0.2) is 6.61 Å². The first kappa shape index (κ1) is 20.0. The van der Waals surface area contributed by atoms with Gasteiger partial charge < -0.3 is 10.1 Å². The number of nitrogens with one attached hydrogen (secondary N) is 1. The van der Waals surface area contributed by atoms with Crippen molar-refractivity contribution in [2.24, 2.45) is 0 Å². The first-order chi connectivity index (χ1) is 14.6. The summed E-state index contributed by atoms with van der Waals surface area (Å²) in [6, 6.07) is 24.7. The minimum atomic E-state index is -0.248. The molecule has 3 aromatic carbocycles. The SMILES string of the molecule is Cc1ccc(N2C(=O)CS[C@H]2c2ccccc2NC(=O)COc2ccccc2)cc1. The number of benzene rings is 3. The van der Waals surface area contributed by atoms with Gasteiger partial charge in [-0.2, -0.15) is 0 Å². The van der Waals surface area contributed by atoms with Crippen LogP contribution in [0.4, 0.5) is 11.4 Å². The summed E-state index contributed by atoms with van der Waals surface area (Å²) in [5, 5.41) is 2.74. The molecule has 0 bridgehead atoms. The maximum Gasteiger partial charge on any atom is 0.262 e. The van der Waals surface area contributed by atoms with Crippen molar-refractivity contribution in [3.05, 3.63) is 90.0 Å². The molecule has 6 heteroatoms. The van der Waals surface area contributed by atoms with E-state index in [1.807, 2.05) is 85.8 Å². The number of rotatable bonds is 6. The second kappa shape index (κ2) is 9.05. The highest BCUT2D eigenvalue weighted by molar-refractivity contribution is 8.00. The van der Waals surface area contributed by atoms with E-state index >= 15 is 0 Å². The number of nitrogens with zero attached hydrogens (tertiary/aromatic N) is 1. The molecule has 5 nitrogen and oxygen atoms in total. The Bertz CT molecular complexity index is 1040. The minimum absolute atomic E-state index is 0.0578. The summed E-state index contributed by atoms with van der Waals surface area (Å²) in [4.78, 5) is 26.9. The number of hydrogen-bond acceptors (Lipinski definition) is 4. The summed E-state index contributed by atoms with van der Waals surface area (Å²) in [6.45, 7) is 1.93. The molecule has 0 aromatic heterocycles. The first-order valence-electron chi connectivity index (χ1n) is 9.69. The Kier molecular flexibility index (Phi) is 6.05. The summed E-state index contributed by atoms with van der Waals surface area (Å²) in [6.07, 6.45) is 0. The molecule has 1 fully saturated rings. The molecule has 1 aliphatic rings. The lowest BCUT2D eigenvalue weighted by Crippen LogP contribution is -2.29. The van der Waals surface area contributed by atoms with Gasteiger partial charge in [0.2, 0.25) is 5.91 Å². The summed E-state index contributed by atoms with van der Waals surface area (Å²) >= 11 is 1.56. The molecule has 0 unspecified atom stereocenters. The van der Waals surface area contributed by atoms with E-state index in [9.17, 15) is 9.59 Å². The normalized spacial score (nSPS) is 15.8. The molecular formula is C24H22N2O3S. The Labute approximate surface area is 180 Å². The molecule has 152 valence electrons. The van der Waals surface area contributed by atoms with E-state index < -0.39 is 0 Å². The van der Waals surface area contributed by atoms with Gasteiger partial charge in [0.25, 0.3) is 5.91 Å². The Morgan fingerprint density at radius 2 is 1.73 bits per heavy atom. The van der Waals surface area contributed by atoms with E-state index in [2.05, 4.69) is 5.32 Å². The smallest absolute Gasteiger partial charge is 0.262 e. The van der Waals surface area contributed by atoms with Crippen LogP contribution in [0.15, 0.2) is 78.9 Å². The second-order valence-corrected chi connectivity index (χ2v) is 8.07. The predicted molar refractivity (Wildman–Crippen MR) is 121 cm³/mol. The van der Waals surface area contributed by atoms with Crippen LogP contribution in [0.5, 0.6) is 5.75 Å². The Hall–Kier alpha value is -3.25. The Balaban J connectivity index is 1.52. The third kappa shape index (κ3) is 4.49. The molecule has 1 saturated heterocycles. The Morgan fingerprint density at radius 1 is 1.03 bits per heavy atom. The van der Waals surface area contributed by atoms with Crippen molar-refractivity contribution in [2.75, 3.05) is 22.6 Å². The van der Waals surface area contributed by atoms with Crippen LogP contribution in [0.25, 0.3) is 0 Å². The summed E-state index contributed by atoms with van der Waals surface area (Å²) in [5.74, 6) is 0.853. The van der Waals surface area contributed by atoms with Crippen molar-refractivity contribution in [1.29, 1.82) is 0 Å². The average Bonchev–Trinajstić information content (AvgIpc) is 3.15. The number of amides is 2. The summed E-state index contributed by atoms with van der Waals surface area (Å²) in [5.41, 5.74) is 3.57. The third-order valence-electron chi connectivity index (χ3n) is 4.79. The zero-order chi connectivity index (χ0) is 20.9. The van der Waals surface area contributed by atoms with Crippen molar-refractivity contribution in [3.63, 3.8) is 0 Å². The molecule has 0 spiro atoms. The highest BCUT2D eigenvalue weighted by Gasteiger charge is 2.35. The fraction of sp³-hybridized carbons (Fsp3) is 0.167. The lowest BCUT2D eigenvalue weighted by molar-refractivity contribution is -0.118. The monoisotopic (exact) mass is 418 g/mol. The molecule has 2 amide bonds. The van der Waals surface area contributed by atoms with Gasteiger partial charge in [0.05, 0.1) is 5.75 Å². The van der Waals surface area contributed by atoms with Gasteiger partial charge in [-0.05, 0) is 37.3 Å². The quantitative estimate of drug-likeness (QED) is 0.625. The average molecular weight is 419 g/mol. The number of ether oxygens (including phenoxy) is 1. The summed E-state index contributed by atoms with van der Waals surface area (Å²) in [7, 11) is 0. The molecule has 0 saturated carbocycles. The third-order valence-corrected chi connectivity index (χ3v) is 5.99. The van der Waals surface area contributed by atoms with Crippen molar-refractivity contribution in [3.8, 4) is 5.75 Å². The van der Waals surface area contributed by atoms with Crippen LogP contribution in [-0.2, 0) is 9.59 Å². The zero-order valence-corrected chi connectivity index (χ0v) is 17.4. The number of carbonyl (C=O) groups excluding carboxylic acids is 2. The molecule has 4 rings (SSSR count). The number of para-hydroxylation sites is 2. The molecule has 3 aromatic rings. The molecule has 1 aliphatic heterocycles. The van der Waals surface area contributed by atoms with Crippen molar-refractivity contribution < 1.29 is 14.3 Å². The van der Waals surface area contributed by atoms with Crippen LogP contribution in [-0.4, -0.2) is 24.2 Å². The predicted octanol–water partition coefficient (Wildman–Crippen LogP) is 4.79. The van der Waals surface area contributed by atoms with E-state index in [0.29, 0.717) is 17.2 Å². The Morgan fingerprint density at radius 3 is 2.50 bits per heavy atom. The first-order valence-corrected chi connectivity index (χ1v) is 10.7. The molecule has 0 aliphatic carbocycles. The minimum Gasteiger partial charge on any atom is -0.484 e. The molecular weight excluding hydrogens is 396 g/mol. The number of carbonyl (C=O) groups is 2. The van der Waals surface area contributed by atoms with Gasteiger partial charge in [-0.3, -0.25) is 14.5 Å². The van der Waals surface area contributed by atoms with E-state index in [-0.39, 0.29) is 23.8 Å². The van der Waals surface area contributed by atoms with Crippen LogP contribution < -0.4 is 15.0 Å². The standard InChI is InChI=1S/C24H22N2O3S/c1-17-11-13-18(14-12-17)26-23(28)16-30-24(26)20-9-5-6-10-21(20)25-22(27)15-29-19-7-3-2-4-8-19/h2-14,24H,15-16H2,1H3,(H,25,27)/t24-/m0/s1. The topological polar surface area (TPSA) is 58.6 Å². The molecule has 1 heterocycles. The number of aryl methyl sites for hydroxylation is 1. The maximum absolute atomic E-state index is 12.6. The van der Waals surface area contributed by atoms with Crippen molar-refractivity contribution in [2.45, 2.75) is 12.3 Å². The van der Waals surface area contributed by atoms with E-state index in [1.165, 1.54) is 0 Å². The molecule has 1 atom stereocenters. The van der Waals surface area contributed by atoms with Gasteiger partial charge in [0.1, 0.15) is 11.1 Å². The van der Waals surface area contributed by atoms with Crippen LogP contribution in [0.2, 0.25) is 0 Å². The lowest BCUT2D eigenvalue weighted by Gasteiger charge is -2.26. The molecule has 0 radical (unpaired) electrons. The highest BCUT2D eigenvalue weighted by atomic mass is 32.2. The second-order valence-electron chi connectivity index (χ2n) is 7.00. The largest absolute Gasteiger partial charge is 0.484 e. The van der Waals surface area contributed by atoms with Crippen LogP contribution in [0.3, 0.4) is 0 Å². The zero-order valence-electron chi connectivity index (χ0n) is 16.6. The maximum atomic E-state index is 12.6.